The molecule has 0 fully saturated rings. The number of aromatic nitrogens is 5. The molecule has 0 aromatic carbocycles. The Morgan fingerprint density at radius 1 is 1.32 bits per heavy atom. The molecule has 0 atom stereocenters. The number of hydrogen-bond acceptors (Lipinski definition) is 4. The van der Waals surface area contributed by atoms with E-state index < -0.39 is 0 Å². The molecule has 0 radical (unpaired) electrons. The second kappa shape index (κ2) is 7.04. The molecule has 0 aliphatic carbocycles. The Labute approximate surface area is 113 Å². The first-order chi connectivity index (χ1) is 9.25. The van der Waals surface area contributed by atoms with Crippen LogP contribution in [0.5, 0.6) is 0 Å². The SMILES string of the molecule is CC(C)Cn1ncnc1CNCCCn1cccn1. The fourth-order valence-corrected chi connectivity index (χ4v) is 1.92. The lowest BCUT2D eigenvalue weighted by atomic mass is 10.2. The average molecular weight is 262 g/mol. The molecule has 1 N–H and O–H groups in total. The maximum atomic E-state index is 4.29. The van der Waals surface area contributed by atoms with Gasteiger partial charge in [0.1, 0.15) is 12.2 Å². The van der Waals surface area contributed by atoms with Gasteiger partial charge in [0.15, 0.2) is 0 Å². The fraction of sp³-hybridized carbons (Fsp3) is 0.615. The highest BCUT2D eigenvalue weighted by Gasteiger charge is 2.05. The van der Waals surface area contributed by atoms with Gasteiger partial charge in [0.25, 0.3) is 0 Å². The molecule has 0 bridgehead atoms. The molecular weight excluding hydrogens is 240 g/mol. The zero-order valence-corrected chi connectivity index (χ0v) is 11.7. The highest BCUT2D eigenvalue weighted by atomic mass is 15.3. The van der Waals surface area contributed by atoms with E-state index in [0.29, 0.717) is 5.92 Å². The van der Waals surface area contributed by atoms with Crippen molar-refractivity contribution in [1.82, 2.24) is 29.9 Å². The molecule has 0 unspecified atom stereocenters. The van der Waals surface area contributed by atoms with E-state index >= 15 is 0 Å². The Bertz CT molecular complexity index is 459. The van der Waals surface area contributed by atoms with Crippen molar-refractivity contribution in [3.8, 4) is 0 Å². The van der Waals surface area contributed by atoms with E-state index in [2.05, 4.69) is 34.3 Å². The molecular formula is C13H22N6. The van der Waals surface area contributed by atoms with E-state index in [9.17, 15) is 0 Å². The maximum absolute atomic E-state index is 4.29. The van der Waals surface area contributed by atoms with Crippen molar-refractivity contribution in [2.45, 2.75) is 39.9 Å². The predicted octanol–water partition coefficient (Wildman–Crippen LogP) is 1.31. The molecule has 6 heteroatoms. The zero-order valence-electron chi connectivity index (χ0n) is 11.7. The second-order valence-corrected chi connectivity index (χ2v) is 5.05. The van der Waals surface area contributed by atoms with Crippen LogP contribution in [0.2, 0.25) is 0 Å². The van der Waals surface area contributed by atoms with Crippen LogP contribution in [0, 0.1) is 5.92 Å². The van der Waals surface area contributed by atoms with Crippen molar-refractivity contribution in [3.05, 3.63) is 30.6 Å². The van der Waals surface area contributed by atoms with Gasteiger partial charge in [-0.1, -0.05) is 13.8 Å². The number of rotatable bonds is 8. The van der Waals surface area contributed by atoms with Crippen molar-refractivity contribution in [2.75, 3.05) is 6.54 Å². The minimum Gasteiger partial charge on any atom is -0.310 e. The minimum absolute atomic E-state index is 0.584. The molecule has 2 rings (SSSR count). The molecule has 0 amide bonds. The first-order valence-corrected chi connectivity index (χ1v) is 6.80. The van der Waals surface area contributed by atoms with E-state index in [1.165, 1.54) is 0 Å². The number of hydrogen-bond donors (Lipinski definition) is 1. The van der Waals surface area contributed by atoms with Gasteiger partial charge in [0, 0.05) is 25.5 Å². The number of aryl methyl sites for hydroxylation is 1. The Kier molecular flexibility index (Phi) is 5.09. The van der Waals surface area contributed by atoms with Gasteiger partial charge in [-0.15, -0.1) is 0 Å². The van der Waals surface area contributed by atoms with Gasteiger partial charge in [0.05, 0.1) is 6.54 Å². The quantitative estimate of drug-likeness (QED) is 0.729. The van der Waals surface area contributed by atoms with Crippen molar-refractivity contribution < 1.29 is 0 Å². The summed E-state index contributed by atoms with van der Waals surface area (Å²) in [5.41, 5.74) is 0. The summed E-state index contributed by atoms with van der Waals surface area (Å²) in [5, 5.41) is 11.8. The minimum atomic E-state index is 0.584. The third-order valence-electron chi connectivity index (χ3n) is 2.82. The smallest absolute Gasteiger partial charge is 0.140 e. The summed E-state index contributed by atoms with van der Waals surface area (Å²) in [6, 6.07) is 1.95. The molecule has 104 valence electrons. The third kappa shape index (κ3) is 4.48. The van der Waals surface area contributed by atoms with Crippen LogP contribution in [0.25, 0.3) is 0 Å². The standard InChI is InChI=1S/C13H22N6/c1-12(2)10-19-13(15-11-17-19)9-14-5-3-7-18-8-4-6-16-18/h4,6,8,11-12,14H,3,5,7,9-10H2,1-2H3. The first kappa shape index (κ1) is 13.7. The van der Waals surface area contributed by atoms with Crippen LogP contribution in [0.4, 0.5) is 0 Å². The van der Waals surface area contributed by atoms with Gasteiger partial charge in [-0.3, -0.25) is 4.68 Å². The third-order valence-corrected chi connectivity index (χ3v) is 2.82. The largest absolute Gasteiger partial charge is 0.310 e. The summed E-state index contributed by atoms with van der Waals surface area (Å²) in [6.07, 6.45) is 6.48. The maximum Gasteiger partial charge on any atom is 0.140 e. The first-order valence-electron chi connectivity index (χ1n) is 6.80. The Hall–Kier alpha value is -1.69. The van der Waals surface area contributed by atoms with Crippen LogP contribution in [0.15, 0.2) is 24.8 Å². The van der Waals surface area contributed by atoms with Crippen molar-refractivity contribution in [2.24, 2.45) is 5.92 Å². The monoisotopic (exact) mass is 262 g/mol. The second-order valence-electron chi connectivity index (χ2n) is 5.05. The van der Waals surface area contributed by atoms with E-state index in [0.717, 1.165) is 38.4 Å². The van der Waals surface area contributed by atoms with Gasteiger partial charge in [-0.25, -0.2) is 9.67 Å². The van der Waals surface area contributed by atoms with E-state index in [1.807, 2.05) is 27.8 Å². The molecule has 0 saturated carbocycles. The molecule has 2 aromatic heterocycles. The van der Waals surface area contributed by atoms with E-state index in [4.69, 9.17) is 0 Å². The van der Waals surface area contributed by atoms with Crippen LogP contribution in [0.1, 0.15) is 26.1 Å². The number of nitrogens with zero attached hydrogens (tertiary/aromatic N) is 5. The van der Waals surface area contributed by atoms with Crippen LogP contribution in [0.3, 0.4) is 0 Å². The van der Waals surface area contributed by atoms with E-state index in [1.54, 1.807) is 6.33 Å². The van der Waals surface area contributed by atoms with Gasteiger partial charge in [-0.2, -0.15) is 10.2 Å². The van der Waals surface area contributed by atoms with Crippen LogP contribution in [-0.4, -0.2) is 31.1 Å². The Morgan fingerprint density at radius 3 is 2.95 bits per heavy atom. The highest BCUT2D eigenvalue weighted by Crippen LogP contribution is 2.00. The normalized spacial score (nSPS) is 11.3. The summed E-state index contributed by atoms with van der Waals surface area (Å²) in [6.45, 7) is 7.95. The molecule has 6 nitrogen and oxygen atoms in total. The Balaban J connectivity index is 1.66. The highest BCUT2D eigenvalue weighted by molar-refractivity contribution is 4.84. The number of nitrogens with one attached hydrogen (secondary N) is 1. The summed E-state index contributed by atoms with van der Waals surface area (Å²) in [5.74, 6) is 1.59. The van der Waals surface area contributed by atoms with Gasteiger partial charge in [-0.05, 0) is 24.9 Å². The van der Waals surface area contributed by atoms with Crippen molar-refractivity contribution in [3.63, 3.8) is 0 Å². The van der Waals surface area contributed by atoms with Gasteiger partial charge < -0.3 is 5.32 Å². The molecule has 0 saturated heterocycles. The Morgan fingerprint density at radius 2 is 2.21 bits per heavy atom. The summed E-state index contributed by atoms with van der Waals surface area (Å²) >= 11 is 0. The average Bonchev–Trinajstić information content (AvgIpc) is 3.00. The molecule has 2 aromatic rings. The molecule has 19 heavy (non-hydrogen) atoms. The van der Waals surface area contributed by atoms with Gasteiger partial charge in [0.2, 0.25) is 0 Å². The summed E-state index contributed by atoms with van der Waals surface area (Å²) in [4.78, 5) is 4.29. The molecule has 2 heterocycles. The topological polar surface area (TPSA) is 60.6 Å². The van der Waals surface area contributed by atoms with Crippen LogP contribution < -0.4 is 5.32 Å². The van der Waals surface area contributed by atoms with Crippen molar-refractivity contribution in [1.29, 1.82) is 0 Å². The van der Waals surface area contributed by atoms with Crippen molar-refractivity contribution >= 4 is 0 Å². The molecule has 0 spiro atoms. The predicted molar refractivity (Wildman–Crippen MR) is 73.4 cm³/mol. The summed E-state index contributed by atoms with van der Waals surface area (Å²) in [7, 11) is 0. The van der Waals surface area contributed by atoms with E-state index in [-0.39, 0.29) is 0 Å². The lowest BCUT2D eigenvalue weighted by Crippen LogP contribution is -2.20. The zero-order chi connectivity index (χ0) is 13.5. The summed E-state index contributed by atoms with van der Waals surface area (Å²) < 4.78 is 3.92. The van der Waals surface area contributed by atoms with Gasteiger partial charge >= 0.3 is 0 Å². The lowest BCUT2D eigenvalue weighted by molar-refractivity contribution is 0.454. The molecule has 0 aliphatic rings. The lowest BCUT2D eigenvalue weighted by Gasteiger charge is -2.09. The van der Waals surface area contributed by atoms with Crippen LogP contribution >= 0.6 is 0 Å². The molecule has 0 aliphatic heterocycles. The van der Waals surface area contributed by atoms with Crippen LogP contribution in [-0.2, 0) is 19.6 Å². The fourth-order valence-electron chi connectivity index (χ4n) is 1.92.